The van der Waals surface area contributed by atoms with Crippen LogP contribution < -0.4 is 0 Å². The van der Waals surface area contributed by atoms with Gasteiger partial charge < -0.3 is 32.1 Å². The van der Waals surface area contributed by atoms with Gasteiger partial charge in [-0.25, -0.2) is 9.59 Å². The minimum atomic E-state index is -0.902. The molecule has 2 rings (SSSR count). The van der Waals surface area contributed by atoms with Crippen molar-refractivity contribution in [1.29, 1.82) is 0 Å². The molecule has 0 heterocycles. The van der Waals surface area contributed by atoms with Crippen LogP contribution in [-0.4, -0.2) is 44.1 Å². The van der Waals surface area contributed by atoms with Crippen LogP contribution in [0.15, 0.2) is 61.7 Å². The maximum absolute atomic E-state index is 10.4. The average molecular weight is 423 g/mol. The Morgan fingerprint density at radius 2 is 0.852 bits per heavy atom. The fourth-order valence-electron chi connectivity index (χ4n) is 1.52. The minimum absolute atomic E-state index is 0. The van der Waals surface area contributed by atoms with Crippen molar-refractivity contribution < 1.29 is 58.8 Å². The van der Waals surface area contributed by atoms with E-state index in [0.29, 0.717) is 11.1 Å². The molecule has 151 valence electrons. The second-order valence-electron chi connectivity index (χ2n) is 4.26. The van der Waals surface area contributed by atoms with Gasteiger partial charge in [0.2, 0.25) is 0 Å². The number of hydrogen-bond donors (Lipinski definition) is 2. The summed E-state index contributed by atoms with van der Waals surface area (Å²) in [7, 11) is 0. The van der Waals surface area contributed by atoms with E-state index in [1.165, 1.54) is 0 Å². The summed E-state index contributed by atoms with van der Waals surface area (Å²) in [6.45, 7) is 7.12. The van der Waals surface area contributed by atoms with Gasteiger partial charge in [-0.05, 0) is 35.4 Å². The first kappa shape index (κ1) is 35.3. The van der Waals surface area contributed by atoms with Crippen molar-refractivity contribution in [2.45, 2.75) is 0 Å². The van der Waals surface area contributed by atoms with E-state index in [4.69, 9.17) is 10.2 Å². The molecule has 8 nitrogen and oxygen atoms in total. The number of hydrogen-bond acceptors (Lipinski definition) is 2. The molecule has 0 aliphatic rings. The fraction of sp³-hybridized carbons (Fsp3) is 0. The molecule has 0 aromatic heterocycles. The Kier molecular flexibility index (Phi) is 23.6. The fourth-order valence-corrected chi connectivity index (χ4v) is 1.52. The second kappa shape index (κ2) is 18.0. The molecule has 0 aliphatic carbocycles. The largest absolute Gasteiger partial charge is 0.478 e. The Hall–Kier alpha value is -2.78. The van der Waals surface area contributed by atoms with E-state index in [2.05, 4.69) is 13.2 Å². The Morgan fingerprint density at radius 3 is 1.00 bits per heavy atom. The molecule has 1 radical (unpaired) electrons. The molecular weight excluding hydrogens is 399 g/mol. The van der Waals surface area contributed by atoms with Crippen molar-refractivity contribution in [2.24, 2.45) is 0 Å². The van der Waals surface area contributed by atoms with E-state index >= 15 is 0 Å². The number of carbonyl (C=O) groups is 2. The van der Waals surface area contributed by atoms with Crippen molar-refractivity contribution in [1.82, 2.24) is 0 Å². The molecule has 0 saturated heterocycles. The average Bonchev–Trinajstić information content (AvgIpc) is 2.55. The van der Waals surface area contributed by atoms with E-state index in [9.17, 15) is 9.59 Å². The van der Waals surface area contributed by atoms with Crippen molar-refractivity contribution >= 4 is 24.1 Å². The van der Waals surface area contributed by atoms with Gasteiger partial charge in [-0.15, -0.1) is 0 Å². The zero-order valence-corrected chi connectivity index (χ0v) is 15.5. The quantitative estimate of drug-likeness (QED) is 0.684. The molecule has 0 aliphatic heterocycles. The van der Waals surface area contributed by atoms with Crippen LogP contribution in [0.3, 0.4) is 0 Å². The summed E-state index contributed by atoms with van der Waals surface area (Å²) in [4.78, 5) is 20.7. The Balaban J connectivity index is -0.000000101. The Morgan fingerprint density at radius 1 is 0.630 bits per heavy atom. The summed E-state index contributed by atoms with van der Waals surface area (Å²) in [6, 6.07) is 13.1. The number of aromatic carboxylic acids is 2. The number of benzene rings is 2. The van der Waals surface area contributed by atoms with Crippen molar-refractivity contribution in [3.63, 3.8) is 0 Å². The number of carboxylic acids is 2. The van der Waals surface area contributed by atoms with Gasteiger partial charge in [0, 0.05) is 17.1 Å². The van der Waals surface area contributed by atoms with Gasteiger partial charge >= 0.3 is 11.9 Å². The summed E-state index contributed by atoms with van der Waals surface area (Å²) in [5, 5.41) is 17.0. The van der Waals surface area contributed by atoms with Crippen molar-refractivity contribution in [3.8, 4) is 0 Å². The summed E-state index contributed by atoms with van der Waals surface area (Å²) < 4.78 is 0. The third kappa shape index (κ3) is 12.2. The van der Waals surface area contributed by atoms with Crippen LogP contribution in [0.1, 0.15) is 31.8 Å². The smallest absolute Gasteiger partial charge is 0.335 e. The molecule has 0 bridgehead atoms. The van der Waals surface area contributed by atoms with Gasteiger partial charge in [0.1, 0.15) is 0 Å². The SMILES string of the molecule is C=Cc1ccc(C(=O)O)cc1.C=Cc1ccc(C(=O)O)cc1.O.O.O.O.[Mn]. The Labute approximate surface area is 167 Å². The first-order chi connectivity index (χ1) is 10.5. The van der Waals surface area contributed by atoms with Gasteiger partial charge in [-0.3, -0.25) is 0 Å². The molecule has 0 amide bonds. The van der Waals surface area contributed by atoms with E-state index in [1.807, 2.05) is 0 Å². The van der Waals surface area contributed by atoms with E-state index in [1.54, 1.807) is 60.7 Å². The number of rotatable bonds is 4. The molecular formula is C18H24MnO8. The molecule has 2 aromatic rings. The van der Waals surface area contributed by atoms with Crippen LogP contribution in [0.25, 0.3) is 12.2 Å². The summed E-state index contributed by atoms with van der Waals surface area (Å²) in [6.07, 6.45) is 3.34. The Bertz CT molecular complexity index is 620. The summed E-state index contributed by atoms with van der Waals surface area (Å²) in [5.41, 5.74) is 2.45. The first-order valence-electron chi connectivity index (χ1n) is 6.39. The summed E-state index contributed by atoms with van der Waals surface area (Å²) >= 11 is 0. The standard InChI is InChI=1S/2C9H8O2.Mn.4H2O/c2*1-2-7-3-5-8(6-4-7)9(10)11;;;;;/h2*2-6H,1H2,(H,10,11);;4*1H2. The maximum atomic E-state index is 10.4. The van der Waals surface area contributed by atoms with Crippen LogP contribution >= 0.6 is 0 Å². The first-order valence-corrected chi connectivity index (χ1v) is 6.39. The van der Waals surface area contributed by atoms with Crippen LogP contribution in [0, 0.1) is 0 Å². The minimum Gasteiger partial charge on any atom is -0.478 e. The van der Waals surface area contributed by atoms with E-state index in [0.717, 1.165) is 11.1 Å². The predicted molar refractivity (Wildman–Crippen MR) is 101 cm³/mol. The molecule has 9 heteroatoms. The molecule has 27 heavy (non-hydrogen) atoms. The third-order valence-corrected chi connectivity index (χ3v) is 2.79. The normalized spacial score (nSPS) is 7.41. The topological polar surface area (TPSA) is 201 Å². The van der Waals surface area contributed by atoms with E-state index < -0.39 is 11.9 Å². The van der Waals surface area contributed by atoms with Gasteiger partial charge in [0.25, 0.3) is 0 Å². The van der Waals surface area contributed by atoms with E-state index in [-0.39, 0.29) is 39.0 Å². The molecule has 0 atom stereocenters. The second-order valence-corrected chi connectivity index (χ2v) is 4.26. The van der Waals surface area contributed by atoms with Crippen LogP contribution in [-0.2, 0) is 17.1 Å². The molecule has 0 unspecified atom stereocenters. The predicted octanol–water partition coefficient (Wildman–Crippen LogP) is 0.754. The van der Waals surface area contributed by atoms with Gasteiger partial charge in [0.05, 0.1) is 11.1 Å². The molecule has 10 N–H and O–H groups in total. The monoisotopic (exact) mass is 423 g/mol. The summed E-state index contributed by atoms with van der Waals surface area (Å²) in [5.74, 6) is -1.80. The molecule has 0 spiro atoms. The van der Waals surface area contributed by atoms with Crippen LogP contribution in [0.5, 0.6) is 0 Å². The van der Waals surface area contributed by atoms with Gasteiger partial charge in [-0.1, -0.05) is 49.6 Å². The third-order valence-electron chi connectivity index (χ3n) is 2.79. The van der Waals surface area contributed by atoms with Gasteiger partial charge in [-0.2, -0.15) is 0 Å². The molecule has 2 aromatic carbocycles. The van der Waals surface area contributed by atoms with Crippen LogP contribution in [0.4, 0.5) is 0 Å². The van der Waals surface area contributed by atoms with Gasteiger partial charge in [0.15, 0.2) is 0 Å². The van der Waals surface area contributed by atoms with Crippen LogP contribution in [0.2, 0.25) is 0 Å². The zero-order chi connectivity index (χ0) is 16.5. The molecule has 0 saturated carbocycles. The zero-order valence-electron chi connectivity index (χ0n) is 14.3. The maximum Gasteiger partial charge on any atom is 0.335 e. The number of carboxylic acid groups (broad SMARTS) is 2. The molecule has 0 fully saturated rings. The van der Waals surface area contributed by atoms with Crippen molar-refractivity contribution in [2.75, 3.05) is 0 Å². The van der Waals surface area contributed by atoms with Crippen molar-refractivity contribution in [3.05, 3.63) is 83.9 Å².